The lowest BCUT2D eigenvalue weighted by atomic mass is 10.1. The Morgan fingerprint density at radius 3 is 2.81 bits per heavy atom. The topological polar surface area (TPSA) is 103 Å². The molecule has 1 aromatic heterocycles. The number of hydrogen-bond acceptors (Lipinski definition) is 6. The summed E-state index contributed by atoms with van der Waals surface area (Å²) in [6.07, 6.45) is 1.97. The number of benzene rings is 1. The summed E-state index contributed by atoms with van der Waals surface area (Å²) >= 11 is 0. The molecule has 0 saturated carbocycles. The van der Waals surface area contributed by atoms with Gasteiger partial charge in [0.25, 0.3) is 5.91 Å². The van der Waals surface area contributed by atoms with E-state index in [9.17, 15) is 18.5 Å². The summed E-state index contributed by atoms with van der Waals surface area (Å²) in [4.78, 5) is 18.6. The first-order chi connectivity index (χ1) is 12.9. The largest absolute Gasteiger partial charge is 0.354 e. The van der Waals surface area contributed by atoms with Crippen LogP contribution in [0.2, 0.25) is 0 Å². The Hall–Kier alpha value is -2.92. The van der Waals surface area contributed by atoms with Crippen LogP contribution in [0.25, 0.3) is 0 Å². The second-order valence-electron chi connectivity index (χ2n) is 6.36. The van der Waals surface area contributed by atoms with E-state index in [4.69, 9.17) is 0 Å². The minimum absolute atomic E-state index is 0.0000650. The van der Waals surface area contributed by atoms with Gasteiger partial charge in [-0.05, 0) is 37.6 Å². The highest BCUT2D eigenvalue weighted by molar-refractivity contribution is 7.91. The lowest BCUT2D eigenvalue weighted by Crippen LogP contribution is -2.41. The van der Waals surface area contributed by atoms with Crippen molar-refractivity contribution in [2.75, 3.05) is 23.4 Å². The number of hydrogen-bond donors (Lipinski definition) is 1. The van der Waals surface area contributed by atoms with E-state index in [1.807, 2.05) is 13.0 Å². The van der Waals surface area contributed by atoms with Gasteiger partial charge >= 0.3 is 0 Å². The molecule has 1 amide bonds. The van der Waals surface area contributed by atoms with E-state index < -0.39 is 9.84 Å². The number of amides is 1. The minimum atomic E-state index is -3.08. The Morgan fingerprint density at radius 2 is 2.15 bits per heavy atom. The third-order valence-electron chi connectivity index (χ3n) is 4.56. The number of pyridine rings is 1. The second kappa shape index (κ2) is 7.76. The van der Waals surface area contributed by atoms with Crippen molar-refractivity contribution in [2.24, 2.45) is 0 Å². The van der Waals surface area contributed by atoms with Gasteiger partial charge in [0.15, 0.2) is 9.84 Å². The van der Waals surface area contributed by atoms with Crippen LogP contribution in [0.4, 0.5) is 11.4 Å². The number of nitrogens with zero attached hydrogens (tertiary/aromatic N) is 3. The van der Waals surface area contributed by atoms with Gasteiger partial charge in [0.1, 0.15) is 11.8 Å². The second-order valence-corrected chi connectivity index (χ2v) is 8.59. The van der Waals surface area contributed by atoms with Crippen LogP contribution in [0.5, 0.6) is 0 Å². The minimum Gasteiger partial charge on any atom is -0.354 e. The van der Waals surface area contributed by atoms with Crippen LogP contribution in [0.15, 0.2) is 42.6 Å². The number of carbonyl (C=O) groups excluding carboxylic acids is 1. The number of anilines is 2. The molecule has 0 aliphatic carbocycles. The zero-order chi connectivity index (χ0) is 19.4. The molecule has 2 aromatic rings. The zero-order valence-corrected chi connectivity index (χ0v) is 15.7. The standard InChI is InChI=1S/C19H20N4O3S/c1-2-23(16-8-10-27(25,26)13-16)19(24)18-11-15(7-9-21-18)22-17-6-4-3-5-14(17)12-20/h3-7,9,11,16H,2,8,10,13H2,1H3,(H,21,22). The molecule has 1 aliphatic rings. The third kappa shape index (κ3) is 4.26. The van der Waals surface area contributed by atoms with Crippen LogP contribution >= 0.6 is 0 Å². The van der Waals surface area contributed by atoms with Gasteiger partial charge in [0, 0.05) is 24.5 Å². The maximum Gasteiger partial charge on any atom is 0.272 e. The van der Waals surface area contributed by atoms with Crippen LogP contribution in [-0.2, 0) is 9.84 Å². The molecule has 1 atom stereocenters. The molecular formula is C19H20N4O3S. The summed E-state index contributed by atoms with van der Waals surface area (Å²) in [5.74, 6) is -0.182. The van der Waals surface area contributed by atoms with Crippen LogP contribution in [-0.4, -0.2) is 48.3 Å². The average Bonchev–Trinajstić information content (AvgIpc) is 3.02. The number of nitrogens with one attached hydrogen (secondary N) is 1. The molecule has 1 fully saturated rings. The highest BCUT2D eigenvalue weighted by Gasteiger charge is 2.34. The zero-order valence-electron chi connectivity index (χ0n) is 14.9. The van der Waals surface area contributed by atoms with Crippen molar-refractivity contribution >= 4 is 27.1 Å². The fourth-order valence-corrected chi connectivity index (χ4v) is 4.94. The molecule has 1 N–H and O–H groups in total. The van der Waals surface area contributed by atoms with Crippen molar-refractivity contribution in [1.29, 1.82) is 5.26 Å². The average molecular weight is 384 g/mol. The monoisotopic (exact) mass is 384 g/mol. The lowest BCUT2D eigenvalue weighted by molar-refractivity contribution is 0.0702. The molecule has 1 aromatic carbocycles. The smallest absolute Gasteiger partial charge is 0.272 e. The SMILES string of the molecule is CCN(C(=O)c1cc(Nc2ccccc2C#N)ccn1)C1CCS(=O)(=O)C1. The molecule has 1 unspecified atom stereocenters. The van der Waals surface area contributed by atoms with Gasteiger partial charge in [0.2, 0.25) is 0 Å². The Balaban J connectivity index is 1.82. The molecule has 0 bridgehead atoms. The Bertz CT molecular complexity index is 998. The van der Waals surface area contributed by atoms with Gasteiger partial charge in [-0.2, -0.15) is 5.26 Å². The molecule has 1 aliphatic heterocycles. The fraction of sp³-hybridized carbons (Fsp3) is 0.316. The molecule has 7 nitrogen and oxygen atoms in total. The van der Waals surface area contributed by atoms with Gasteiger partial charge in [-0.15, -0.1) is 0 Å². The number of sulfone groups is 1. The van der Waals surface area contributed by atoms with E-state index in [-0.39, 0.29) is 29.1 Å². The molecule has 27 heavy (non-hydrogen) atoms. The van der Waals surface area contributed by atoms with E-state index in [1.54, 1.807) is 35.2 Å². The summed E-state index contributed by atoms with van der Waals surface area (Å²) in [6.45, 7) is 2.24. The Morgan fingerprint density at radius 1 is 1.37 bits per heavy atom. The molecule has 140 valence electrons. The van der Waals surface area contributed by atoms with Crippen molar-refractivity contribution in [3.05, 3.63) is 53.9 Å². The number of para-hydroxylation sites is 1. The highest BCUT2D eigenvalue weighted by atomic mass is 32.2. The van der Waals surface area contributed by atoms with Crippen molar-refractivity contribution in [3.8, 4) is 6.07 Å². The Kier molecular flexibility index (Phi) is 5.42. The van der Waals surface area contributed by atoms with Crippen LogP contribution in [0.3, 0.4) is 0 Å². The maximum absolute atomic E-state index is 12.9. The normalized spacial score (nSPS) is 17.9. The molecule has 3 rings (SSSR count). The van der Waals surface area contributed by atoms with Crippen LogP contribution < -0.4 is 5.32 Å². The molecule has 0 radical (unpaired) electrons. The van der Waals surface area contributed by atoms with Gasteiger partial charge < -0.3 is 10.2 Å². The summed E-state index contributed by atoms with van der Waals surface area (Å²) in [5, 5.41) is 12.3. The van der Waals surface area contributed by atoms with E-state index in [2.05, 4.69) is 16.4 Å². The van der Waals surface area contributed by atoms with E-state index in [0.29, 0.717) is 29.9 Å². The van der Waals surface area contributed by atoms with Crippen molar-refractivity contribution < 1.29 is 13.2 Å². The third-order valence-corrected chi connectivity index (χ3v) is 6.31. The molecule has 8 heteroatoms. The van der Waals surface area contributed by atoms with Crippen molar-refractivity contribution in [2.45, 2.75) is 19.4 Å². The first kappa shape index (κ1) is 18.9. The van der Waals surface area contributed by atoms with Gasteiger partial charge in [0.05, 0.1) is 22.8 Å². The number of aromatic nitrogens is 1. The number of rotatable bonds is 5. The van der Waals surface area contributed by atoms with Crippen molar-refractivity contribution in [1.82, 2.24) is 9.88 Å². The lowest BCUT2D eigenvalue weighted by Gasteiger charge is -2.26. The first-order valence-electron chi connectivity index (χ1n) is 8.67. The molecule has 2 heterocycles. The molecular weight excluding hydrogens is 364 g/mol. The highest BCUT2D eigenvalue weighted by Crippen LogP contribution is 2.23. The van der Waals surface area contributed by atoms with Crippen LogP contribution in [0, 0.1) is 11.3 Å². The molecule has 0 spiro atoms. The van der Waals surface area contributed by atoms with E-state index in [1.165, 1.54) is 6.20 Å². The van der Waals surface area contributed by atoms with Gasteiger partial charge in [-0.1, -0.05) is 12.1 Å². The van der Waals surface area contributed by atoms with Crippen LogP contribution in [0.1, 0.15) is 29.4 Å². The van der Waals surface area contributed by atoms with Gasteiger partial charge in [-0.3, -0.25) is 9.78 Å². The summed E-state index contributed by atoms with van der Waals surface area (Å²) in [6, 6.07) is 12.2. The number of nitriles is 1. The summed E-state index contributed by atoms with van der Waals surface area (Å²) in [5.41, 5.74) is 2.00. The predicted octanol–water partition coefficient (Wildman–Crippen LogP) is 2.35. The quantitative estimate of drug-likeness (QED) is 0.849. The number of carbonyl (C=O) groups is 1. The van der Waals surface area contributed by atoms with Gasteiger partial charge in [-0.25, -0.2) is 8.42 Å². The fourth-order valence-electron chi connectivity index (χ4n) is 3.21. The summed E-state index contributed by atoms with van der Waals surface area (Å²) < 4.78 is 23.5. The predicted molar refractivity (Wildman–Crippen MR) is 102 cm³/mol. The maximum atomic E-state index is 12.9. The first-order valence-corrected chi connectivity index (χ1v) is 10.5. The Labute approximate surface area is 158 Å². The van der Waals surface area contributed by atoms with E-state index >= 15 is 0 Å². The summed E-state index contributed by atoms with van der Waals surface area (Å²) in [7, 11) is -3.08. The van der Waals surface area contributed by atoms with Crippen molar-refractivity contribution in [3.63, 3.8) is 0 Å². The van der Waals surface area contributed by atoms with E-state index in [0.717, 1.165) is 0 Å². The molecule has 1 saturated heterocycles.